The van der Waals surface area contributed by atoms with Gasteiger partial charge in [-0.2, -0.15) is 0 Å². The van der Waals surface area contributed by atoms with E-state index in [1.807, 2.05) is 30.5 Å². The average Bonchev–Trinajstić information content (AvgIpc) is 3.13. The quantitative estimate of drug-likeness (QED) is 0.577. The van der Waals surface area contributed by atoms with Gasteiger partial charge in [-0.25, -0.2) is 0 Å². The molecule has 1 atom stereocenters. The molecular weight excluding hydrogens is 376 g/mol. The molecule has 1 aliphatic heterocycles. The average molecular weight is 407 g/mol. The van der Waals surface area contributed by atoms with E-state index in [0.717, 1.165) is 48.1 Å². The molecule has 158 valence electrons. The molecule has 1 aliphatic rings. The number of ketones is 1. The van der Waals surface area contributed by atoms with Crippen LogP contribution >= 0.6 is 0 Å². The largest absolute Gasteiger partial charge is 0.421 e. The van der Waals surface area contributed by atoms with E-state index in [9.17, 15) is 4.79 Å². The number of piperidine rings is 1. The van der Waals surface area contributed by atoms with Crippen molar-refractivity contribution in [3.05, 3.63) is 42.0 Å². The molecule has 0 saturated carbocycles. The fourth-order valence-corrected chi connectivity index (χ4v) is 4.43. The van der Waals surface area contributed by atoms with Crippen LogP contribution in [0.2, 0.25) is 0 Å². The lowest BCUT2D eigenvalue weighted by Crippen LogP contribution is -2.38. The van der Waals surface area contributed by atoms with Crippen LogP contribution in [0.1, 0.15) is 44.7 Å². The molecule has 1 saturated heterocycles. The molecule has 4 rings (SSSR count). The summed E-state index contributed by atoms with van der Waals surface area (Å²) in [5, 5.41) is 10.1. The minimum absolute atomic E-state index is 0.280. The summed E-state index contributed by atoms with van der Waals surface area (Å²) in [5.41, 5.74) is 1.69. The Morgan fingerprint density at radius 3 is 2.87 bits per heavy atom. The summed E-state index contributed by atoms with van der Waals surface area (Å²) in [6.45, 7) is 9.62. The third-order valence-electron chi connectivity index (χ3n) is 5.67. The number of benzene rings is 1. The molecule has 1 aromatic carbocycles. The molecule has 2 aromatic heterocycles. The van der Waals surface area contributed by atoms with Crippen LogP contribution in [0.25, 0.3) is 22.2 Å². The van der Waals surface area contributed by atoms with Gasteiger partial charge in [0.15, 0.2) is 0 Å². The van der Waals surface area contributed by atoms with Crippen molar-refractivity contribution in [3.63, 3.8) is 0 Å². The highest BCUT2D eigenvalue weighted by Gasteiger charge is 2.22. The number of hydrogen-bond acceptors (Lipinski definition) is 6. The summed E-state index contributed by atoms with van der Waals surface area (Å²) in [6, 6.07) is 7.97. The molecule has 6 heteroatoms. The van der Waals surface area contributed by atoms with Gasteiger partial charge >= 0.3 is 0 Å². The smallest absolute Gasteiger partial charge is 0.247 e. The summed E-state index contributed by atoms with van der Waals surface area (Å²) in [5.74, 6) is 2.47. The van der Waals surface area contributed by atoms with Crippen LogP contribution < -0.4 is 0 Å². The second kappa shape index (κ2) is 9.04. The summed E-state index contributed by atoms with van der Waals surface area (Å²) >= 11 is 0. The maximum absolute atomic E-state index is 12.7. The third-order valence-corrected chi connectivity index (χ3v) is 5.67. The van der Waals surface area contributed by atoms with Gasteiger partial charge in [0.2, 0.25) is 11.8 Å². The van der Waals surface area contributed by atoms with Gasteiger partial charge in [-0.3, -0.25) is 9.78 Å². The Bertz CT molecular complexity index is 1030. The number of pyridine rings is 1. The van der Waals surface area contributed by atoms with Crippen molar-refractivity contribution in [3.8, 4) is 11.5 Å². The molecule has 1 fully saturated rings. The molecule has 3 heterocycles. The summed E-state index contributed by atoms with van der Waals surface area (Å²) in [4.78, 5) is 19.8. The molecule has 1 unspecified atom stereocenters. The first-order valence-electron chi connectivity index (χ1n) is 10.9. The predicted molar refractivity (Wildman–Crippen MR) is 117 cm³/mol. The van der Waals surface area contributed by atoms with Crippen LogP contribution in [0.3, 0.4) is 0 Å². The Balaban J connectivity index is 1.42. The lowest BCUT2D eigenvalue weighted by molar-refractivity contribution is -0.119. The van der Waals surface area contributed by atoms with Crippen molar-refractivity contribution < 1.29 is 9.21 Å². The maximum atomic E-state index is 12.7. The molecule has 6 nitrogen and oxygen atoms in total. The highest BCUT2D eigenvalue weighted by molar-refractivity contribution is 5.87. The van der Waals surface area contributed by atoms with Gasteiger partial charge in [-0.1, -0.05) is 19.9 Å². The highest BCUT2D eigenvalue weighted by atomic mass is 16.4. The molecule has 30 heavy (non-hydrogen) atoms. The molecular formula is C24H30N4O2. The van der Waals surface area contributed by atoms with Crippen molar-refractivity contribution in [2.45, 2.75) is 46.5 Å². The molecule has 0 spiro atoms. The normalized spacial score (nSPS) is 17.7. The SMILES string of the molecule is Cc1nnc(-c2ccc3cnc(CC(=O)CC4CCCN(CC(C)C)C4)cc3c2)o1. The monoisotopic (exact) mass is 406 g/mol. The summed E-state index contributed by atoms with van der Waals surface area (Å²) in [6.07, 6.45) is 5.22. The van der Waals surface area contributed by atoms with E-state index in [1.165, 1.54) is 6.42 Å². The number of aromatic nitrogens is 3. The van der Waals surface area contributed by atoms with E-state index in [1.54, 1.807) is 6.92 Å². The lowest BCUT2D eigenvalue weighted by atomic mass is 9.91. The number of Topliss-reactive ketones (excluding diaryl/α,β-unsaturated/α-hetero) is 1. The fraction of sp³-hybridized carbons (Fsp3) is 0.500. The molecule has 0 bridgehead atoms. The number of aryl methyl sites for hydroxylation is 1. The number of hydrogen-bond donors (Lipinski definition) is 0. The van der Waals surface area contributed by atoms with Crippen LogP contribution in [0.15, 0.2) is 34.9 Å². The van der Waals surface area contributed by atoms with Gasteiger partial charge in [0.1, 0.15) is 5.78 Å². The standard InChI is InChI=1S/C24H30N4O2/c1-16(2)14-28-8-4-5-18(15-28)9-23(29)12-22-11-21-10-19(6-7-20(21)13-25-22)24-27-26-17(3)30-24/h6-7,10-11,13,16,18H,4-5,8-9,12,14-15H2,1-3H3. The van der Waals surface area contributed by atoms with Gasteiger partial charge in [0.25, 0.3) is 0 Å². The Kier molecular flexibility index (Phi) is 6.23. The van der Waals surface area contributed by atoms with Crippen molar-refractivity contribution in [1.29, 1.82) is 0 Å². The van der Waals surface area contributed by atoms with Gasteiger partial charge in [0, 0.05) is 55.7 Å². The van der Waals surface area contributed by atoms with E-state index >= 15 is 0 Å². The third kappa shape index (κ3) is 5.11. The van der Waals surface area contributed by atoms with E-state index in [-0.39, 0.29) is 5.78 Å². The second-order valence-corrected chi connectivity index (χ2v) is 8.95. The van der Waals surface area contributed by atoms with Gasteiger partial charge in [0.05, 0.1) is 0 Å². The zero-order valence-corrected chi connectivity index (χ0v) is 18.1. The molecule has 0 N–H and O–H groups in total. The van der Waals surface area contributed by atoms with Crippen molar-refractivity contribution in [1.82, 2.24) is 20.1 Å². The van der Waals surface area contributed by atoms with Crippen LogP contribution in [-0.4, -0.2) is 45.5 Å². The highest BCUT2D eigenvalue weighted by Crippen LogP contribution is 2.25. The van der Waals surface area contributed by atoms with Crippen LogP contribution in [0, 0.1) is 18.8 Å². The number of likely N-dealkylation sites (tertiary alicyclic amines) is 1. The van der Waals surface area contributed by atoms with Crippen LogP contribution in [0.4, 0.5) is 0 Å². The minimum Gasteiger partial charge on any atom is -0.421 e. The van der Waals surface area contributed by atoms with Gasteiger partial charge < -0.3 is 9.32 Å². The first-order valence-corrected chi connectivity index (χ1v) is 10.9. The minimum atomic E-state index is 0.280. The number of nitrogens with zero attached hydrogens (tertiary/aromatic N) is 4. The molecule has 0 amide bonds. The number of carbonyl (C=O) groups is 1. The van der Waals surface area contributed by atoms with Crippen LogP contribution in [0.5, 0.6) is 0 Å². The Labute approximate surface area is 177 Å². The Morgan fingerprint density at radius 1 is 1.23 bits per heavy atom. The first kappa shape index (κ1) is 20.7. The Morgan fingerprint density at radius 2 is 2.10 bits per heavy atom. The fourth-order valence-electron chi connectivity index (χ4n) is 4.43. The zero-order chi connectivity index (χ0) is 21.1. The predicted octanol–water partition coefficient (Wildman–Crippen LogP) is 4.46. The topological polar surface area (TPSA) is 72.1 Å². The van der Waals surface area contributed by atoms with Crippen molar-refractivity contribution in [2.24, 2.45) is 11.8 Å². The number of carbonyl (C=O) groups excluding carboxylic acids is 1. The molecule has 3 aromatic rings. The first-order chi connectivity index (χ1) is 14.5. The van der Waals surface area contributed by atoms with E-state index in [4.69, 9.17) is 4.42 Å². The summed E-state index contributed by atoms with van der Waals surface area (Å²) < 4.78 is 5.53. The van der Waals surface area contributed by atoms with E-state index in [2.05, 4.69) is 33.9 Å². The number of rotatable bonds is 7. The Hall–Kier alpha value is -2.60. The van der Waals surface area contributed by atoms with Gasteiger partial charge in [-0.15, -0.1) is 10.2 Å². The van der Waals surface area contributed by atoms with E-state index < -0.39 is 0 Å². The van der Waals surface area contributed by atoms with Crippen molar-refractivity contribution >= 4 is 16.6 Å². The maximum Gasteiger partial charge on any atom is 0.247 e. The lowest BCUT2D eigenvalue weighted by Gasteiger charge is -2.33. The van der Waals surface area contributed by atoms with Crippen LogP contribution in [-0.2, 0) is 11.2 Å². The second-order valence-electron chi connectivity index (χ2n) is 8.95. The molecule has 0 radical (unpaired) electrons. The van der Waals surface area contributed by atoms with Crippen molar-refractivity contribution in [2.75, 3.05) is 19.6 Å². The number of fused-ring (bicyclic) bond motifs is 1. The summed E-state index contributed by atoms with van der Waals surface area (Å²) in [7, 11) is 0. The zero-order valence-electron chi connectivity index (χ0n) is 18.1. The van der Waals surface area contributed by atoms with Gasteiger partial charge in [-0.05, 0) is 54.8 Å². The van der Waals surface area contributed by atoms with E-state index in [0.29, 0.717) is 36.5 Å². The molecule has 0 aliphatic carbocycles.